The molecule has 0 unspecified atom stereocenters. The van der Waals surface area contributed by atoms with Crippen LogP contribution in [0, 0.1) is 0 Å². The zero-order chi connectivity index (χ0) is 21.5. The highest BCUT2D eigenvalue weighted by Gasteiger charge is 2.28. The number of nitrogens with zero attached hydrogens (tertiary/aromatic N) is 2. The van der Waals surface area contributed by atoms with Crippen LogP contribution in [-0.2, 0) is 22.6 Å². The molecule has 0 spiro atoms. The molecule has 1 amide bonds. The molecule has 0 saturated carbocycles. The van der Waals surface area contributed by atoms with Crippen LogP contribution in [0.2, 0.25) is 0 Å². The minimum absolute atomic E-state index is 0.0735. The number of hydrogen-bond acceptors (Lipinski definition) is 4. The third kappa shape index (κ3) is 5.31. The summed E-state index contributed by atoms with van der Waals surface area (Å²) in [6, 6.07) is 27.6. The van der Waals surface area contributed by atoms with Crippen LogP contribution in [0.5, 0.6) is 5.75 Å². The van der Waals surface area contributed by atoms with Crippen molar-refractivity contribution >= 4 is 11.6 Å². The molecule has 0 fully saturated rings. The molecular weight excluding hydrogens is 388 g/mol. The van der Waals surface area contributed by atoms with Crippen LogP contribution < -0.4 is 4.74 Å². The molecule has 0 saturated heterocycles. The molecule has 3 aromatic rings. The summed E-state index contributed by atoms with van der Waals surface area (Å²) >= 11 is 0. The van der Waals surface area contributed by atoms with E-state index in [4.69, 9.17) is 9.57 Å². The molecule has 0 N–H and O–H groups in total. The molecule has 4 rings (SSSR count). The lowest BCUT2D eigenvalue weighted by Crippen LogP contribution is -2.38. The Bertz CT molecular complexity index is 1030. The molecule has 0 radical (unpaired) electrons. The van der Waals surface area contributed by atoms with Gasteiger partial charge in [0.15, 0.2) is 6.10 Å². The van der Waals surface area contributed by atoms with Crippen molar-refractivity contribution in [3.05, 3.63) is 102 Å². The van der Waals surface area contributed by atoms with Crippen LogP contribution >= 0.6 is 0 Å². The molecule has 0 bridgehead atoms. The highest BCUT2D eigenvalue weighted by Crippen LogP contribution is 2.25. The van der Waals surface area contributed by atoms with Crippen molar-refractivity contribution in [3.8, 4) is 5.75 Å². The summed E-state index contributed by atoms with van der Waals surface area (Å²) in [7, 11) is 1.65. The van der Waals surface area contributed by atoms with Gasteiger partial charge in [0, 0.05) is 18.5 Å². The van der Waals surface area contributed by atoms with Gasteiger partial charge < -0.3 is 14.5 Å². The molecule has 5 heteroatoms. The van der Waals surface area contributed by atoms with Crippen molar-refractivity contribution in [2.75, 3.05) is 13.7 Å². The first-order valence-electron chi connectivity index (χ1n) is 10.4. The molecule has 1 aliphatic heterocycles. The molecule has 31 heavy (non-hydrogen) atoms. The number of benzene rings is 3. The maximum Gasteiger partial charge on any atom is 0.227 e. The van der Waals surface area contributed by atoms with Gasteiger partial charge >= 0.3 is 0 Å². The molecule has 1 aliphatic rings. The number of rotatable bonds is 8. The number of para-hydroxylation sites is 1. The highest BCUT2D eigenvalue weighted by atomic mass is 16.6. The highest BCUT2D eigenvalue weighted by molar-refractivity contribution is 6.03. The molecule has 0 aliphatic carbocycles. The number of oxime groups is 1. The topological polar surface area (TPSA) is 51.1 Å². The van der Waals surface area contributed by atoms with Crippen molar-refractivity contribution in [2.45, 2.75) is 25.5 Å². The normalized spacial score (nSPS) is 15.1. The number of ether oxygens (including phenoxy) is 1. The van der Waals surface area contributed by atoms with E-state index in [0.29, 0.717) is 25.9 Å². The van der Waals surface area contributed by atoms with E-state index >= 15 is 0 Å². The Labute approximate surface area is 182 Å². The van der Waals surface area contributed by atoms with Crippen LogP contribution in [0.15, 0.2) is 90.1 Å². The monoisotopic (exact) mass is 414 g/mol. The van der Waals surface area contributed by atoms with Crippen molar-refractivity contribution < 1.29 is 14.4 Å². The fraction of sp³-hybridized carbons (Fsp3) is 0.231. The maximum atomic E-state index is 13.2. The van der Waals surface area contributed by atoms with Gasteiger partial charge in [0.1, 0.15) is 5.75 Å². The second-order valence-electron chi connectivity index (χ2n) is 7.59. The predicted octanol–water partition coefficient (Wildman–Crippen LogP) is 4.46. The number of carbonyl (C=O) groups is 1. The van der Waals surface area contributed by atoms with Crippen LogP contribution in [0.4, 0.5) is 0 Å². The van der Waals surface area contributed by atoms with Gasteiger partial charge in [-0.1, -0.05) is 78.0 Å². The fourth-order valence-corrected chi connectivity index (χ4v) is 3.75. The summed E-state index contributed by atoms with van der Waals surface area (Å²) in [5.41, 5.74) is 3.87. The second kappa shape index (κ2) is 9.94. The van der Waals surface area contributed by atoms with Gasteiger partial charge in [-0.2, -0.15) is 0 Å². The average Bonchev–Trinajstić information content (AvgIpc) is 3.28. The van der Waals surface area contributed by atoms with Crippen molar-refractivity contribution in [1.82, 2.24) is 4.90 Å². The van der Waals surface area contributed by atoms with E-state index in [1.165, 1.54) is 0 Å². The third-order valence-electron chi connectivity index (χ3n) is 5.34. The van der Waals surface area contributed by atoms with Gasteiger partial charge in [0.2, 0.25) is 5.91 Å². The van der Waals surface area contributed by atoms with Crippen LogP contribution in [0.25, 0.3) is 0 Å². The Hall–Kier alpha value is -3.60. The van der Waals surface area contributed by atoms with Gasteiger partial charge in [-0.15, -0.1) is 0 Å². The lowest BCUT2D eigenvalue weighted by molar-refractivity contribution is -0.132. The molecule has 5 nitrogen and oxygen atoms in total. The molecule has 3 aromatic carbocycles. The standard InChI is InChI=1S/C26H26N2O3/c1-30-25-15-9-8-14-23(25)24-17-22(31-27-24)19-28(18-21-12-6-3-7-13-21)26(29)16-20-10-4-2-5-11-20/h2-15,22H,16-19H2,1H3/t22-/m0/s1. The smallest absolute Gasteiger partial charge is 0.227 e. The van der Waals surface area contributed by atoms with Gasteiger partial charge in [0.05, 0.1) is 25.8 Å². The first-order valence-corrected chi connectivity index (χ1v) is 10.4. The summed E-state index contributed by atoms with van der Waals surface area (Å²) in [6.07, 6.45) is 0.800. The van der Waals surface area contributed by atoms with Gasteiger partial charge in [-0.3, -0.25) is 4.79 Å². The molecule has 1 heterocycles. The van der Waals surface area contributed by atoms with Gasteiger partial charge in [0.25, 0.3) is 0 Å². The number of carbonyl (C=O) groups excluding carboxylic acids is 1. The van der Waals surface area contributed by atoms with E-state index in [1.54, 1.807) is 7.11 Å². The number of hydrogen-bond donors (Lipinski definition) is 0. The van der Waals surface area contributed by atoms with Crippen molar-refractivity contribution in [3.63, 3.8) is 0 Å². The zero-order valence-electron chi connectivity index (χ0n) is 17.6. The van der Waals surface area contributed by atoms with E-state index in [1.807, 2.05) is 89.8 Å². The first kappa shape index (κ1) is 20.7. The van der Waals surface area contributed by atoms with Crippen molar-refractivity contribution in [1.29, 1.82) is 0 Å². The summed E-state index contributed by atoms with van der Waals surface area (Å²) in [5, 5.41) is 4.30. The number of methoxy groups -OCH3 is 1. The summed E-state index contributed by atoms with van der Waals surface area (Å²) < 4.78 is 5.46. The fourth-order valence-electron chi connectivity index (χ4n) is 3.75. The molecule has 0 aromatic heterocycles. The Morgan fingerprint density at radius 1 is 0.968 bits per heavy atom. The molecule has 158 valence electrons. The second-order valence-corrected chi connectivity index (χ2v) is 7.59. The Kier molecular flexibility index (Phi) is 6.62. The average molecular weight is 415 g/mol. The third-order valence-corrected chi connectivity index (χ3v) is 5.34. The van der Waals surface area contributed by atoms with Crippen LogP contribution in [0.3, 0.4) is 0 Å². The minimum atomic E-state index is -0.191. The SMILES string of the molecule is COc1ccccc1C1=NO[C@H](CN(Cc2ccccc2)C(=O)Cc2ccccc2)C1. The minimum Gasteiger partial charge on any atom is -0.496 e. The Morgan fingerprint density at radius 3 is 2.32 bits per heavy atom. The van der Waals surface area contributed by atoms with E-state index in [-0.39, 0.29) is 12.0 Å². The van der Waals surface area contributed by atoms with Gasteiger partial charge in [-0.25, -0.2) is 0 Å². The quantitative estimate of drug-likeness (QED) is 0.547. The lowest BCUT2D eigenvalue weighted by Gasteiger charge is -2.25. The predicted molar refractivity (Wildman–Crippen MR) is 121 cm³/mol. The Balaban J connectivity index is 1.46. The van der Waals surface area contributed by atoms with Crippen LogP contribution in [-0.4, -0.2) is 36.3 Å². The van der Waals surface area contributed by atoms with Crippen LogP contribution in [0.1, 0.15) is 23.1 Å². The van der Waals surface area contributed by atoms with E-state index < -0.39 is 0 Å². The largest absolute Gasteiger partial charge is 0.496 e. The Morgan fingerprint density at radius 2 is 1.61 bits per heavy atom. The zero-order valence-corrected chi connectivity index (χ0v) is 17.6. The van der Waals surface area contributed by atoms with E-state index in [9.17, 15) is 4.79 Å². The summed E-state index contributed by atoms with van der Waals surface area (Å²) in [5.74, 6) is 0.844. The van der Waals surface area contributed by atoms with Gasteiger partial charge in [-0.05, 0) is 23.3 Å². The maximum absolute atomic E-state index is 13.2. The lowest BCUT2D eigenvalue weighted by atomic mass is 10.0. The molecule has 1 atom stereocenters. The van der Waals surface area contributed by atoms with E-state index in [2.05, 4.69) is 5.16 Å². The summed E-state index contributed by atoms with van der Waals surface area (Å²) in [4.78, 5) is 20.8. The molecular formula is C26H26N2O3. The number of amides is 1. The van der Waals surface area contributed by atoms with Crippen molar-refractivity contribution in [2.24, 2.45) is 5.16 Å². The first-order chi connectivity index (χ1) is 15.2. The van der Waals surface area contributed by atoms with E-state index in [0.717, 1.165) is 28.2 Å². The summed E-state index contributed by atoms with van der Waals surface area (Å²) in [6.45, 7) is 1.01.